The molecule has 1 amide bonds. The summed E-state index contributed by atoms with van der Waals surface area (Å²) in [6.45, 7) is -0.551. The first-order valence-corrected chi connectivity index (χ1v) is 7.20. The molecule has 0 radical (unpaired) electrons. The highest BCUT2D eigenvalue weighted by Gasteiger charge is 2.35. The number of hydrogen-bond donors (Lipinski definition) is 1. The number of anilines is 1. The van der Waals surface area contributed by atoms with E-state index < -0.39 is 24.5 Å². The molecule has 114 valence electrons. The number of pyridine rings is 1. The lowest BCUT2D eigenvalue weighted by Gasteiger charge is -2.17. The normalized spacial score (nSPS) is 15.8. The molecule has 0 fully saturated rings. The Balaban J connectivity index is 0.000000246. The zero-order valence-electron chi connectivity index (χ0n) is 11.4. The minimum absolute atomic E-state index is 0.403. The average molecular weight is 365 g/mol. The predicted octanol–water partition coefficient (Wildman–Crippen LogP) is 0.0797. The molecule has 0 saturated heterocycles. The molecule has 2 heterocycles. The Labute approximate surface area is 135 Å². The summed E-state index contributed by atoms with van der Waals surface area (Å²) in [6.07, 6.45) is 2.45. The summed E-state index contributed by atoms with van der Waals surface area (Å²) in [7, 11) is 0. The number of H-pyrrole nitrogens is 1. The minimum atomic E-state index is -1.36. The first-order chi connectivity index (χ1) is 10.5. The summed E-state index contributed by atoms with van der Waals surface area (Å²) < 4.78 is 0.716. The number of rotatable bonds is 2. The zero-order chi connectivity index (χ0) is 16.1. The fourth-order valence-corrected chi connectivity index (χ4v) is 2.40. The number of fused-ring (bicyclic) bond motifs is 1. The van der Waals surface area contributed by atoms with Gasteiger partial charge in [0.25, 0.3) is 5.91 Å². The van der Waals surface area contributed by atoms with Gasteiger partial charge in [-0.3, -0.25) is 4.79 Å². The summed E-state index contributed by atoms with van der Waals surface area (Å²) in [5, 5.41) is 20.1. The molecule has 0 aliphatic carbocycles. The van der Waals surface area contributed by atoms with Gasteiger partial charge in [-0.2, -0.15) is 0 Å². The third kappa shape index (κ3) is 3.69. The van der Waals surface area contributed by atoms with Crippen molar-refractivity contribution in [2.45, 2.75) is 6.10 Å². The molecule has 22 heavy (non-hydrogen) atoms. The number of benzene rings is 1. The van der Waals surface area contributed by atoms with Crippen LogP contribution in [0.3, 0.4) is 0 Å². The number of aromatic nitrogens is 1. The minimum Gasteiger partial charge on any atom is -0.548 e. The van der Waals surface area contributed by atoms with Gasteiger partial charge in [-0.25, -0.2) is 4.98 Å². The fourth-order valence-electron chi connectivity index (χ4n) is 2.02. The summed E-state index contributed by atoms with van der Waals surface area (Å²) in [5.41, 5.74) is 0.811. The highest BCUT2D eigenvalue weighted by molar-refractivity contribution is 9.10. The van der Waals surface area contributed by atoms with Crippen molar-refractivity contribution in [2.75, 3.05) is 11.4 Å². The van der Waals surface area contributed by atoms with Gasteiger partial charge in [-0.15, -0.1) is 0 Å². The fraction of sp³-hybridized carbons (Fsp3) is 0.133. The first kappa shape index (κ1) is 16.1. The molecular formula is C15H13BrN2O4. The number of carbonyl (C=O) groups excluding carboxylic acids is 2. The second kappa shape index (κ2) is 7.15. The molecule has 2 N–H and O–H groups in total. The number of hydrogen-bond acceptors (Lipinski definition) is 4. The van der Waals surface area contributed by atoms with Crippen LogP contribution in [0.25, 0.3) is 0 Å². The van der Waals surface area contributed by atoms with Crippen LogP contribution < -0.4 is 15.0 Å². The lowest BCUT2D eigenvalue weighted by molar-refractivity contribution is -0.378. The van der Waals surface area contributed by atoms with Crippen LogP contribution in [0.2, 0.25) is 0 Å². The van der Waals surface area contributed by atoms with E-state index in [9.17, 15) is 19.8 Å². The smallest absolute Gasteiger partial charge is 0.260 e. The number of nitrogens with one attached hydrogen (secondary N) is 1. The lowest BCUT2D eigenvalue weighted by Crippen LogP contribution is -2.40. The molecule has 1 aromatic heterocycles. The second-order valence-corrected chi connectivity index (χ2v) is 5.40. The Bertz CT molecular complexity index is 652. The topological polar surface area (TPSA) is 94.8 Å². The lowest BCUT2D eigenvalue weighted by atomic mass is 10.1. The van der Waals surface area contributed by atoms with Crippen molar-refractivity contribution in [3.05, 3.63) is 58.8 Å². The van der Waals surface area contributed by atoms with Gasteiger partial charge in [0, 0.05) is 22.2 Å². The van der Waals surface area contributed by atoms with Gasteiger partial charge in [0.1, 0.15) is 0 Å². The third-order valence-corrected chi connectivity index (χ3v) is 3.46. The number of carboxylic acids is 1. The van der Waals surface area contributed by atoms with Gasteiger partial charge in [0.15, 0.2) is 18.5 Å². The number of carboxylic acid groups (broad SMARTS) is 1. The second-order valence-electron chi connectivity index (χ2n) is 4.48. The van der Waals surface area contributed by atoms with Gasteiger partial charge in [0.05, 0.1) is 18.2 Å². The van der Waals surface area contributed by atoms with Crippen LogP contribution in [-0.2, 0) is 9.59 Å². The van der Waals surface area contributed by atoms with Crippen LogP contribution in [0.5, 0.6) is 0 Å². The van der Waals surface area contributed by atoms with Crippen molar-refractivity contribution in [1.29, 1.82) is 0 Å². The summed E-state index contributed by atoms with van der Waals surface area (Å²) in [6, 6.07) is 10.7. The molecule has 0 bridgehead atoms. The van der Waals surface area contributed by atoms with E-state index in [1.165, 1.54) is 0 Å². The molecule has 2 aromatic rings. The molecular weight excluding hydrogens is 352 g/mol. The SMILES string of the molecule is O=C([O-])CN1C(=O)C(O)c2cc(Br)ccc21.c1cc[nH+]cc1. The average Bonchev–Trinajstić information content (AvgIpc) is 2.74. The molecule has 1 aromatic carbocycles. The van der Waals surface area contributed by atoms with Crippen molar-refractivity contribution in [3.8, 4) is 0 Å². The Kier molecular flexibility index (Phi) is 5.24. The van der Waals surface area contributed by atoms with E-state index in [1.807, 2.05) is 30.6 Å². The number of aliphatic hydroxyl groups is 1. The highest BCUT2D eigenvalue weighted by Crippen LogP contribution is 2.37. The molecule has 7 heteroatoms. The van der Waals surface area contributed by atoms with Crippen LogP contribution in [-0.4, -0.2) is 23.5 Å². The van der Waals surface area contributed by atoms with Crippen LogP contribution in [0.15, 0.2) is 53.3 Å². The standard InChI is InChI=1S/C10H8BrNO4.C5H5N/c11-5-1-2-7-6(3-5)9(15)10(16)12(7)4-8(13)14;1-2-4-6-5-3-1/h1-3,9,15H,4H2,(H,13,14);1-5H. The highest BCUT2D eigenvalue weighted by atomic mass is 79.9. The number of aliphatic hydroxyl groups excluding tert-OH is 1. The molecule has 0 spiro atoms. The number of aromatic amines is 1. The maximum absolute atomic E-state index is 11.6. The summed E-state index contributed by atoms with van der Waals surface area (Å²) in [4.78, 5) is 26.0. The Morgan fingerprint density at radius 2 is 2.00 bits per heavy atom. The quantitative estimate of drug-likeness (QED) is 0.816. The molecule has 1 unspecified atom stereocenters. The van der Waals surface area contributed by atoms with E-state index in [-0.39, 0.29) is 0 Å². The van der Waals surface area contributed by atoms with Gasteiger partial charge < -0.3 is 19.9 Å². The van der Waals surface area contributed by atoms with Crippen LogP contribution in [0.1, 0.15) is 11.7 Å². The van der Waals surface area contributed by atoms with Crippen molar-refractivity contribution in [2.24, 2.45) is 0 Å². The van der Waals surface area contributed by atoms with Gasteiger partial charge in [-0.1, -0.05) is 22.0 Å². The van der Waals surface area contributed by atoms with E-state index in [1.54, 1.807) is 18.2 Å². The number of carbonyl (C=O) groups is 2. The Hall–Kier alpha value is -2.25. The number of aliphatic carboxylic acids is 1. The van der Waals surface area contributed by atoms with Crippen molar-refractivity contribution in [1.82, 2.24) is 0 Å². The number of nitrogens with zero attached hydrogens (tertiary/aromatic N) is 1. The van der Waals surface area contributed by atoms with Gasteiger partial charge in [-0.05, 0) is 18.2 Å². The van der Waals surface area contributed by atoms with E-state index >= 15 is 0 Å². The molecule has 1 atom stereocenters. The molecule has 0 saturated carbocycles. The predicted molar refractivity (Wildman–Crippen MR) is 79.5 cm³/mol. The molecule has 3 rings (SSSR count). The van der Waals surface area contributed by atoms with Crippen LogP contribution in [0.4, 0.5) is 5.69 Å². The largest absolute Gasteiger partial charge is 0.548 e. The van der Waals surface area contributed by atoms with Gasteiger partial charge >= 0.3 is 0 Å². The monoisotopic (exact) mass is 364 g/mol. The number of halogens is 1. The first-order valence-electron chi connectivity index (χ1n) is 6.40. The van der Waals surface area contributed by atoms with Gasteiger partial charge in [0.2, 0.25) is 0 Å². The van der Waals surface area contributed by atoms with E-state index in [4.69, 9.17) is 0 Å². The van der Waals surface area contributed by atoms with E-state index in [2.05, 4.69) is 20.9 Å². The summed E-state index contributed by atoms with van der Waals surface area (Å²) >= 11 is 3.21. The van der Waals surface area contributed by atoms with Crippen molar-refractivity contribution in [3.63, 3.8) is 0 Å². The van der Waals surface area contributed by atoms with Crippen LogP contribution >= 0.6 is 15.9 Å². The molecule has 1 aliphatic heterocycles. The number of amides is 1. The molecule has 6 nitrogen and oxygen atoms in total. The van der Waals surface area contributed by atoms with Crippen molar-refractivity contribution >= 4 is 33.5 Å². The summed E-state index contributed by atoms with van der Waals surface area (Å²) in [5.74, 6) is -2.01. The maximum atomic E-state index is 11.6. The maximum Gasteiger partial charge on any atom is 0.260 e. The van der Waals surface area contributed by atoms with Crippen LogP contribution in [0, 0.1) is 0 Å². The molecule has 1 aliphatic rings. The van der Waals surface area contributed by atoms with E-state index in [0.29, 0.717) is 15.7 Å². The Morgan fingerprint density at radius 3 is 2.50 bits per heavy atom. The third-order valence-electron chi connectivity index (χ3n) is 2.97. The van der Waals surface area contributed by atoms with Crippen molar-refractivity contribution < 1.29 is 24.8 Å². The Morgan fingerprint density at radius 1 is 1.32 bits per heavy atom. The van der Waals surface area contributed by atoms with E-state index in [0.717, 1.165) is 4.90 Å². The zero-order valence-corrected chi connectivity index (χ0v) is 13.0.